The Bertz CT molecular complexity index is 1110. The van der Waals surface area contributed by atoms with Crippen molar-refractivity contribution in [3.05, 3.63) is 82.3 Å². The molecule has 1 unspecified atom stereocenters. The third-order valence-corrected chi connectivity index (χ3v) is 4.75. The minimum Gasteiger partial charge on any atom is -0.328 e. The summed E-state index contributed by atoms with van der Waals surface area (Å²) in [4.78, 5) is 17.4. The number of carbonyl (C=O) groups is 1. The molecule has 1 aromatic heterocycles. The number of rotatable bonds is 3. The van der Waals surface area contributed by atoms with Gasteiger partial charge in [0.1, 0.15) is 12.4 Å². The standard InChI is InChI=1S/C20H15ClN6O/c1-12-17(19(28)26-16-8-6-15(21)7-9-16)18(27-20(25-12)23-11-24-27)14-4-2-13(10-22)3-5-14/h2-9,11,18H,1H3,(H,26,28)(H,23,24,25). The summed E-state index contributed by atoms with van der Waals surface area (Å²) in [7, 11) is 0. The maximum atomic E-state index is 13.1. The average Bonchev–Trinajstić information content (AvgIpc) is 3.16. The highest BCUT2D eigenvalue weighted by Gasteiger charge is 2.33. The molecule has 0 fully saturated rings. The van der Waals surface area contributed by atoms with Crippen molar-refractivity contribution in [2.45, 2.75) is 13.0 Å². The third kappa shape index (κ3) is 3.21. The van der Waals surface area contributed by atoms with Crippen LogP contribution in [0, 0.1) is 11.3 Å². The Morgan fingerprint density at radius 1 is 1.21 bits per heavy atom. The van der Waals surface area contributed by atoms with E-state index in [9.17, 15) is 4.79 Å². The molecule has 8 heteroatoms. The number of halogens is 1. The molecule has 1 aliphatic rings. The summed E-state index contributed by atoms with van der Waals surface area (Å²) in [6.45, 7) is 1.83. The summed E-state index contributed by atoms with van der Waals surface area (Å²) in [5.41, 5.74) is 3.20. The van der Waals surface area contributed by atoms with Crippen molar-refractivity contribution in [2.24, 2.45) is 0 Å². The Hall–Kier alpha value is -3.63. The second-order valence-corrected chi connectivity index (χ2v) is 6.73. The van der Waals surface area contributed by atoms with Crippen LogP contribution >= 0.6 is 11.6 Å². The molecule has 0 radical (unpaired) electrons. The number of hydrogen-bond donors (Lipinski definition) is 2. The summed E-state index contributed by atoms with van der Waals surface area (Å²) < 4.78 is 1.66. The lowest BCUT2D eigenvalue weighted by atomic mass is 9.94. The summed E-state index contributed by atoms with van der Waals surface area (Å²) in [5, 5.41) is 20.0. The van der Waals surface area contributed by atoms with Crippen LogP contribution in [0.15, 0.2) is 66.1 Å². The van der Waals surface area contributed by atoms with Crippen LogP contribution in [0.2, 0.25) is 5.02 Å². The number of carbonyl (C=O) groups excluding carboxylic acids is 1. The zero-order valence-electron chi connectivity index (χ0n) is 14.8. The van der Waals surface area contributed by atoms with Crippen molar-refractivity contribution in [3.8, 4) is 6.07 Å². The van der Waals surface area contributed by atoms with E-state index in [4.69, 9.17) is 16.9 Å². The molecule has 1 aliphatic heterocycles. The van der Waals surface area contributed by atoms with Crippen LogP contribution in [0.1, 0.15) is 24.1 Å². The lowest BCUT2D eigenvalue weighted by Crippen LogP contribution is -2.31. The second kappa shape index (κ2) is 7.18. The van der Waals surface area contributed by atoms with Gasteiger partial charge in [-0.1, -0.05) is 23.7 Å². The molecule has 2 heterocycles. The highest BCUT2D eigenvalue weighted by molar-refractivity contribution is 6.30. The summed E-state index contributed by atoms with van der Waals surface area (Å²) in [5.74, 6) is 0.290. The number of hydrogen-bond acceptors (Lipinski definition) is 5. The van der Waals surface area contributed by atoms with Crippen LogP contribution in [0.25, 0.3) is 0 Å². The SMILES string of the molecule is CC1=C(C(=O)Nc2ccc(Cl)cc2)C(c2ccc(C#N)cc2)n2ncnc2N1. The zero-order chi connectivity index (χ0) is 19.7. The van der Waals surface area contributed by atoms with Gasteiger partial charge in [-0.3, -0.25) is 4.79 Å². The molecule has 1 amide bonds. The second-order valence-electron chi connectivity index (χ2n) is 6.29. The lowest BCUT2D eigenvalue weighted by molar-refractivity contribution is -0.113. The number of benzene rings is 2. The van der Waals surface area contributed by atoms with E-state index in [1.165, 1.54) is 6.33 Å². The monoisotopic (exact) mass is 390 g/mol. The van der Waals surface area contributed by atoms with Crippen molar-refractivity contribution in [1.29, 1.82) is 5.26 Å². The van der Waals surface area contributed by atoms with Gasteiger partial charge in [0.15, 0.2) is 0 Å². The van der Waals surface area contributed by atoms with Crippen molar-refractivity contribution in [1.82, 2.24) is 14.8 Å². The maximum Gasteiger partial charge on any atom is 0.255 e. The van der Waals surface area contributed by atoms with Gasteiger partial charge in [0.2, 0.25) is 5.95 Å². The number of nitrogens with one attached hydrogen (secondary N) is 2. The number of aromatic nitrogens is 3. The van der Waals surface area contributed by atoms with Crippen LogP contribution < -0.4 is 10.6 Å². The summed E-state index contributed by atoms with van der Waals surface area (Å²) in [6.07, 6.45) is 1.44. The zero-order valence-corrected chi connectivity index (χ0v) is 15.6. The first-order chi connectivity index (χ1) is 13.6. The van der Waals surface area contributed by atoms with E-state index < -0.39 is 6.04 Å². The first-order valence-corrected chi connectivity index (χ1v) is 8.89. The van der Waals surface area contributed by atoms with E-state index in [-0.39, 0.29) is 5.91 Å². The Morgan fingerprint density at radius 2 is 1.93 bits per heavy atom. The highest BCUT2D eigenvalue weighted by atomic mass is 35.5. The van der Waals surface area contributed by atoms with Crippen LogP contribution in [0.4, 0.5) is 11.6 Å². The smallest absolute Gasteiger partial charge is 0.255 e. The number of amides is 1. The number of nitrogens with zero attached hydrogens (tertiary/aromatic N) is 4. The normalized spacial score (nSPS) is 15.4. The van der Waals surface area contributed by atoms with Crippen LogP contribution in [-0.4, -0.2) is 20.7 Å². The summed E-state index contributed by atoms with van der Waals surface area (Å²) >= 11 is 5.92. The van der Waals surface area contributed by atoms with E-state index in [0.717, 1.165) is 5.56 Å². The first kappa shape index (κ1) is 17.8. The fraction of sp³-hybridized carbons (Fsp3) is 0.100. The van der Waals surface area contributed by atoms with Gasteiger partial charge in [0.25, 0.3) is 5.91 Å². The quantitative estimate of drug-likeness (QED) is 0.710. The van der Waals surface area contributed by atoms with Gasteiger partial charge < -0.3 is 10.6 Å². The molecule has 0 aliphatic carbocycles. The fourth-order valence-corrected chi connectivity index (χ4v) is 3.29. The van der Waals surface area contributed by atoms with Gasteiger partial charge in [-0.05, 0) is 48.9 Å². The van der Waals surface area contributed by atoms with Gasteiger partial charge in [-0.25, -0.2) is 4.68 Å². The van der Waals surface area contributed by atoms with Gasteiger partial charge in [0, 0.05) is 16.4 Å². The van der Waals surface area contributed by atoms with Crippen molar-refractivity contribution < 1.29 is 4.79 Å². The Labute approximate surface area is 166 Å². The van der Waals surface area contributed by atoms with Crippen LogP contribution in [0.5, 0.6) is 0 Å². The Kier molecular flexibility index (Phi) is 4.55. The molecule has 7 nitrogen and oxygen atoms in total. The molecule has 0 saturated carbocycles. The Balaban J connectivity index is 1.74. The molecule has 4 rings (SSSR count). The minimum atomic E-state index is -0.473. The fourth-order valence-electron chi connectivity index (χ4n) is 3.16. The third-order valence-electron chi connectivity index (χ3n) is 4.50. The predicted octanol–water partition coefficient (Wildman–Crippen LogP) is 3.73. The average molecular weight is 391 g/mol. The molecular formula is C20H15ClN6O. The van der Waals surface area contributed by atoms with Gasteiger partial charge in [-0.15, -0.1) is 0 Å². The van der Waals surface area contributed by atoms with E-state index >= 15 is 0 Å². The largest absolute Gasteiger partial charge is 0.328 e. The van der Waals surface area contributed by atoms with Crippen molar-refractivity contribution in [3.63, 3.8) is 0 Å². The van der Waals surface area contributed by atoms with Gasteiger partial charge in [0.05, 0.1) is 17.2 Å². The maximum absolute atomic E-state index is 13.1. The molecule has 138 valence electrons. The number of fused-ring (bicyclic) bond motifs is 1. The molecular weight excluding hydrogens is 376 g/mol. The van der Waals surface area contributed by atoms with E-state index in [1.807, 2.05) is 19.1 Å². The van der Waals surface area contributed by atoms with E-state index in [2.05, 4.69) is 26.8 Å². The van der Waals surface area contributed by atoms with E-state index in [0.29, 0.717) is 33.5 Å². The lowest BCUT2D eigenvalue weighted by Gasteiger charge is -2.28. The number of anilines is 2. The number of allylic oxidation sites excluding steroid dienone is 1. The first-order valence-electron chi connectivity index (χ1n) is 8.51. The molecule has 28 heavy (non-hydrogen) atoms. The molecule has 0 bridgehead atoms. The molecule has 0 saturated heterocycles. The topological polar surface area (TPSA) is 95.6 Å². The Morgan fingerprint density at radius 3 is 2.61 bits per heavy atom. The molecule has 2 N–H and O–H groups in total. The molecule has 3 aromatic rings. The van der Waals surface area contributed by atoms with Crippen molar-refractivity contribution >= 4 is 29.1 Å². The highest BCUT2D eigenvalue weighted by Crippen LogP contribution is 2.35. The van der Waals surface area contributed by atoms with Gasteiger partial charge >= 0.3 is 0 Å². The number of nitriles is 1. The molecule has 1 atom stereocenters. The van der Waals surface area contributed by atoms with Crippen LogP contribution in [0.3, 0.4) is 0 Å². The van der Waals surface area contributed by atoms with Crippen molar-refractivity contribution in [2.75, 3.05) is 10.6 Å². The van der Waals surface area contributed by atoms with E-state index in [1.54, 1.807) is 41.1 Å². The van der Waals surface area contributed by atoms with Crippen LogP contribution in [-0.2, 0) is 4.79 Å². The summed E-state index contributed by atoms with van der Waals surface area (Å²) in [6, 6.07) is 15.6. The minimum absolute atomic E-state index is 0.261. The predicted molar refractivity (Wildman–Crippen MR) is 106 cm³/mol. The molecule has 0 spiro atoms. The molecule has 2 aromatic carbocycles. The van der Waals surface area contributed by atoms with Gasteiger partial charge in [-0.2, -0.15) is 15.3 Å².